The first kappa shape index (κ1) is 23.0. The van der Waals surface area contributed by atoms with Gasteiger partial charge in [-0.05, 0) is 54.8 Å². The van der Waals surface area contributed by atoms with Crippen molar-refractivity contribution in [3.63, 3.8) is 0 Å². The summed E-state index contributed by atoms with van der Waals surface area (Å²) in [5.74, 6) is -0.290. The lowest BCUT2D eigenvalue weighted by molar-refractivity contribution is 0.102. The molecule has 0 spiro atoms. The second-order valence-electron chi connectivity index (χ2n) is 7.88. The summed E-state index contributed by atoms with van der Waals surface area (Å²) in [5.41, 5.74) is 3.16. The number of methoxy groups -OCH3 is 1. The van der Waals surface area contributed by atoms with E-state index in [1.165, 1.54) is 41.0 Å². The molecule has 2 aromatic heterocycles. The van der Waals surface area contributed by atoms with Crippen molar-refractivity contribution < 1.29 is 17.9 Å². The van der Waals surface area contributed by atoms with Crippen molar-refractivity contribution in [2.45, 2.75) is 17.7 Å². The Labute approximate surface area is 207 Å². The highest BCUT2D eigenvalue weighted by molar-refractivity contribution is 7.93. The third-order valence-electron chi connectivity index (χ3n) is 5.71. The Morgan fingerprint density at radius 2 is 1.91 bits per heavy atom. The van der Waals surface area contributed by atoms with Crippen LogP contribution in [0.15, 0.2) is 77.1 Å². The molecule has 35 heavy (non-hydrogen) atoms. The van der Waals surface area contributed by atoms with Gasteiger partial charge in [0.25, 0.3) is 15.9 Å². The average Bonchev–Trinajstić information content (AvgIpc) is 3.37. The molecule has 0 aliphatic carbocycles. The van der Waals surface area contributed by atoms with E-state index in [-0.39, 0.29) is 16.2 Å². The van der Waals surface area contributed by atoms with Gasteiger partial charge in [0.1, 0.15) is 16.3 Å². The Morgan fingerprint density at radius 1 is 1.09 bits per heavy atom. The third kappa shape index (κ3) is 4.50. The van der Waals surface area contributed by atoms with Crippen LogP contribution >= 0.6 is 11.3 Å². The number of thiazole rings is 1. The van der Waals surface area contributed by atoms with Crippen LogP contribution in [0.4, 0.5) is 10.8 Å². The molecular weight excluding hydrogens is 484 g/mol. The molecule has 3 heterocycles. The molecule has 0 bridgehead atoms. The second kappa shape index (κ2) is 9.47. The van der Waals surface area contributed by atoms with E-state index >= 15 is 0 Å². The quantitative estimate of drug-likeness (QED) is 0.410. The van der Waals surface area contributed by atoms with Crippen molar-refractivity contribution in [1.82, 2.24) is 9.97 Å². The van der Waals surface area contributed by atoms with E-state index in [2.05, 4.69) is 15.3 Å². The second-order valence-corrected chi connectivity index (χ2v) is 10.6. The first-order chi connectivity index (χ1) is 17.0. The SMILES string of the molecule is COc1ccc(C(=O)Nc2nc(-c3ccccn3)cs2)cc1S(=O)(=O)N1CCCc2ccccc21. The zero-order valence-electron chi connectivity index (χ0n) is 18.8. The van der Waals surface area contributed by atoms with Gasteiger partial charge in [-0.3, -0.25) is 19.4 Å². The Morgan fingerprint density at radius 3 is 2.71 bits per heavy atom. The molecule has 2 aromatic carbocycles. The van der Waals surface area contributed by atoms with Crippen LogP contribution in [0.3, 0.4) is 0 Å². The number of benzene rings is 2. The number of carbonyl (C=O) groups excluding carboxylic acids is 1. The van der Waals surface area contributed by atoms with Crippen LogP contribution in [0.5, 0.6) is 5.75 Å². The molecule has 0 radical (unpaired) electrons. The van der Waals surface area contributed by atoms with Gasteiger partial charge in [-0.25, -0.2) is 13.4 Å². The number of carbonyl (C=O) groups is 1. The molecule has 10 heteroatoms. The first-order valence-electron chi connectivity index (χ1n) is 10.9. The molecule has 0 atom stereocenters. The fourth-order valence-corrected chi connectivity index (χ4v) is 6.44. The maximum absolute atomic E-state index is 13.7. The van der Waals surface area contributed by atoms with Gasteiger partial charge in [0, 0.05) is 23.7 Å². The van der Waals surface area contributed by atoms with Gasteiger partial charge in [0.15, 0.2) is 5.13 Å². The molecule has 1 N–H and O–H groups in total. The molecule has 5 rings (SSSR count). The van der Waals surface area contributed by atoms with Gasteiger partial charge in [-0.2, -0.15) is 0 Å². The number of nitrogens with zero attached hydrogens (tertiary/aromatic N) is 3. The summed E-state index contributed by atoms with van der Waals surface area (Å²) >= 11 is 1.27. The lowest BCUT2D eigenvalue weighted by atomic mass is 10.0. The Kier molecular flexibility index (Phi) is 6.23. The van der Waals surface area contributed by atoms with Gasteiger partial charge < -0.3 is 4.74 Å². The smallest absolute Gasteiger partial charge is 0.268 e. The number of nitrogens with one attached hydrogen (secondary N) is 1. The van der Waals surface area contributed by atoms with Crippen molar-refractivity contribution in [3.8, 4) is 17.1 Å². The average molecular weight is 507 g/mol. The molecule has 0 unspecified atom stereocenters. The van der Waals surface area contributed by atoms with E-state index in [0.717, 1.165) is 12.0 Å². The number of aryl methyl sites for hydroxylation is 1. The molecular formula is C25H22N4O4S2. The molecule has 178 valence electrons. The maximum atomic E-state index is 13.7. The number of sulfonamides is 1. The summed E-state index contributed by atoms with van der Waals surface area (Å²) in [6.07, 6.45) is 3.20. The Hall–Kier alpha value is -3.76. The summed E-state index contributed by atoms with van der Waals surface area (Å²) in [4.78, 5) is 21.6. The molecule has 8 nitrogen and oxygen atoms in total. The van der Waals surface area contributed by atoms with Crippen LogP contribution in [0, 0.1) is 0 Å². The van der Waals surface area contributed by atoms with Gasteiger partial charge in [0.2, 0.25) is 0 Å². The van der Waals surface area contributed by atoms with E-state index in [9.17, 15) is 13.2 Å². The van der Waals surface area contributed by atoms with Crippen LogP contribution in [0.2, 0.25) is 0 Å². The molecule has 4 aromatic rings. The highest BCUT2D eigenvalue weighted by Gasteiger charge is 2.32. The fraction of sp³-hybridized carbons (Fsp3) is 0.160. The zero-order valence-corrected chi connectivity index (χ0v) is 20.5. The maximum Gasteiger partial charge on any atom is 0.268 e. The van der Waals surface area contributed by atoms with Crippen molar-refractivity contribution in [1.29, 1.82) is 0 Å². The summed E-state index contributed by atoms with van der Waals surface area (Å²) in [6, 6.07) is 17.4. The molecule has 0 fully saturated rings. The van der Waals surface area contributed by atoms with Crippen LogP contribution in [0.25, 0.3) is 11.4 Å². The number of para-hydroxylation sites is 1. The van der Waals surface area contributed by atoms with Gasteiger partial charge in [0.05, 0.1) is 18.5 Å². The number of fused-ring (bicyclic) bond motifs is 1. The monoisotopic (exact) mass is 506 g/mol. The van der Waals surface area contributed by atoms with Crippen molar-refractivity contribution >= 4 is 38.1 Å². The van der Waals surface area contributed by atoms with Gasteiger partial charge in [-0.15, -0.1) is 11.3 Å². The van der Waals surface area contributed by atoms with Crippen molar-refractivity contribution in [2.75, 3.05) is 23.3 Å². The minimum Gasteiger partial charge on any atom is -0.495 e. The number of pyridine rings is 1. The van der Waals surface area contributed by atoms with Gasteiger partial charge >= 0.3 is 0 Å². The van der Waals surface area contributed by atoms with Crippen LogP contribution in [0.1, 0.15) is 22.3 Å². The van der Waals surface area contributed by atoms with Crippen LogP contribution in [-0.2, 0) is 16.4 Å². The standard InChI is InChI=1S/C25H22N4O4S2/c1-33-22-12-11-18(24(30)28-25-27-20(16-34-25)19-9-4-5-13-26-19)15-23(22)35(31,32)29-14-6-8-17-7-2-3-10-21(17)29/h2-5,7,9-13,15-16H,6,8,14H2,1H3,(H,27,28,30). The summed E-state index contributed by atoms with van der Waals surface area (Å²) in [7, 11) is -2.56. The number of ether oxygens (including phenoxy) is 1. The molecule has 1 amide bonds. The van der Waals surface area contributed by atoms with E-state index in [4.69, 9.17) is 4.74 Å². The lowest BCUT2D eigenvalue weighted by Crippen LogP contribution is -2.35. The number of hydrogen-bond donors (Lipinski definition) is 1. The lowest BCUT2D eigenvalue weighted by Gasteiger charge is -2.31. The largest absolute Gasteiger partial charge is 0.495 e. The van der Waals surface area contributed by atoms with Crippen LogP contribution < -0.4 is 14.4 Å². The molecule has 1 aliphatic rings. The van der Waals surface area contributed by atoms with E-state index in [0.29, 0.717) is 35.2 Å². The summed E-state index contributed by atoms with van der Waals surface area (Å²) < 4.78 is 34.2. The zero-order chi connectivity index (χ0) is 24.4. The summed E-state index contributed by atoms with van der Waals surface area (Å²) in [6.45, 7) is 0.355. The van der Waals surface area contributed by atoms with Crippen molar-refractivity contribution in [2.24, 2.45) is 0 Å². The highest BCUT2D eigenvalue weighted by atomic mass is 32.2. The third-order valence-corrected chi connectivity index (χ3v) is 8.31. The Balaban J connectivity index is 1.45. The normalized spacial score (nSPS) is 13.2. The number of hydrogen-bond acceptors (Lipinski definition) is 7. The minimum atomic E-state index is -3.97. The topological polar surface area (TPSA) is 101 Å². The predicted octanol–water partition coefficient (Wildman–Crippen LogP) is 4.61. The Bertz CT molecular complexity index is 1490. The van der Waals surface area contributed by atoms with Gasteiger partial charge in [-0.1, -0.05) is 24.3 Å². The minimum absolute atomic E-state index is 0.0577. The number of aromatic nitrogens is 2. The van der Waals surface area contributed by atoms with Crippen molar-refractivity contribution in [3.05, 3.63) is 83.4 Å². The van der Waals surface area contributed by atoms with E-state index in [1.54, 1.807) is 17.6 Å². The number of rotatable bonds is 6. The predicted molar refractivity (Wildman–Crippen MR) is 136 cm³/mol. The van der Waals surface area contributed by atoms with E-state index < -0.39 is 15.9 Å². The van der Waals surface area contributed by atoms with E-state index in [1.807, 2.05) is 36.4 Å². The first-order valence-corrected chi connectivity index (χ1v) is 13.3. The number of amides is 1. The fourth-order valence-electron chi connectivity index (χ4n) is 4.02. The number of anilines is 2. The van der Waals surface area contributed by atoms with Crippen LogP contribution in [-0.4, -0.2) is 37.9 Å². The molecule has 0 saturated heterocycles. The molecule has 1 aliphatic heterocycles. The highest BCUT2D eigenvalue weighted by Crippen LogP contribution is 2.35. The molecule has 0 saturated carbocycles. The summed E-state index contributed by atoms with van der Waals surface area (Å²) in [5, 5.41) is 4.94.